The van der Waals surface area contributed by atoms with E-state index in [-0.39, 0.29) is 12.5 Å². The molecule has 0 aliphatic carbocycles. The summed E-state index contributed by atoms with van der Waals surface area (Å²) in [6.07, 6.45) is 2.29. The average molecular weight is 224 g/mol. The van der Waals surface area contributed by atoms with Crippen LogP contribution in [-0.2, 0) is 4.79 Å². The topological polar surface area (TPSA) is 82.2 Å². The van der Waals surface area contributed by atoms with Crippen molar-refractivity contribution < 1.29 is 4.79 Å². The SMILES string of the molecule is CC1CCCN(CC(=O)NCC#N)C1CN. The second kappa shape index (κ2) is 6.46. The van der Waals surface area contributed by atoms with E-state index in [2.05, 4.69) is 17.1 Å². The fourth-order valence-corrected chi connectivity index (χ4v) is 2.29. The van der Waals surface area contributed by atoms with E-state index < -0.39 is 0 Å². The van der Waals surface area contributed by atoms with Crippen LogP contribution in [0, 0.1) is 17.2 Å². The van der Waals surface area contributed by atoms with Crippen molar-refractivity contribution in [2.24, 2.45) is 11.7 Å². The maximum atomic E-state index is 11.5. The standard InChI is InChI=1S/C11H20N4O/c1-9-3-2-6-15(10(9)7-13)8-11(16)14-5-4-12/h9-10H,2-3,5-8,13H2,1H3,(H,14,16). The second-order valence-corrected chi connectivity index (χ2v) is 4.33. The number of carbonyl (C=O) groups is 1. The molecule has 90 valence electrons. The molecule has 1 aliphatic heterocycles. The molecular weight excluding hydrogens is 204 g/mol. The summed E-state index contributed by atoms with van der Waals surface area (Å²) in [5, 5.41) is 10.9. The molecule has 0 radical (unpaired) electrons. The molecule has 0 bridgehead atoms. The van der Waals surface area contributed by atoms with Crippen LogP contribution in [0.2, 0.25) is 0 Å². The number of rotatable bonds is 4. The molecule has 1 amide bonds. The molecule has 2 atom stereocenters. The molecule has 0 saturated carbocycles. The molecule has 0 aromatic rings. The molecule has 0 aromatic heterocycles. The van der Waals surface area contributed by atoms with E-state index in [1.54, 1.807) is 0 Å². The van der Waals surface area contributed by atoms with Crippen molar-refractivity contribution in [1.29, 1.82) is 5.26 Å². The van der Waals surface area contributed by atoms with Gasteiger partial charge < -0.3 is 11.1 Å². The van der Waals surface area contributed by atoms with Gasteiger partial charge in [-0.25, -0.2) is 0 Å². The van der Waals surface area contributed by atoms with Gasteiger partial charge in [0.05, 0.1) is 12.6 Å². The summed E-state index contributed by atoms with van der Waals surface area (Å²) in [6, 6.07) is 2.19. The smallest absolute Gasteiger partial charge is 0.235 e. The number of nitrogens with zero attached hydrogens (tertiary/aromatic N) is 2. The molecule has 0 spiro atoms. The molecule has 5 heteroatoms. The lowest BCUT2D eigenvalue weighted by atomic mass is 9.91. The zero-order valence-corrected chi connectivity index (χ0v) is 9.78. The molecular formula is C11H20N4O. The van der Waals surface area contributed by atoms with E-state index in [9.17, 15) is 4.79 Å². The number of hydrogen-bond donors (Lipinski definition) is 2. The first-order valence-corrected chi connectivity index (χ1v) is 5.76. The average Bonchev–Trinajstić information content (AvgIpc) is 2.27. The van der Waals surface area contributed by atoms with Crippen LogP contribution >= 0.6 is 0 Å². The minimum Gasteiger partial charge on any atom is -0.342 e. The van der Waals surface area contributed by atoms with Crippen molar-refractivity contribution in [2.45, 2.75) is 25.8 Å². The van der Waals surface area contributed by atoms with Gasteiger partial charge in [0.2, 0.25) is 5.91 Å². The van der Waals surface area contributed by atoms with Gasteiger partial charge in [-0.05, 0) is 25.3 Å². The molecule has 0 aromatic carbocycles. The van der Waals surface area contributed by atoms with Gasteiger partial charge >= 0.3 is 0 Å². The van der Waals surface area contributed by atoms with Crippen LogP contribution in [0.4, 0.5) is 0 Å². The Morgan fingerprint density at radius 1 is 1.69 bits per heavy atom. The zero-order chi connectivity index (χ0) is 12.0. The summed E-state index contributed by atoms with van der Waals surface area (Å²) in [4.78, 5) is 13.6. The number of carbonyl (C=O) groups excluding carboxylic acids is 1. The lowest BCUT2D eigenvalue weighted by Gasteiger charge is -2.38. The van der Waals surface area contributed by atoms with Crippen molar-refractivity contribution in [2.75, 3.05) is 26.2 Å². The number of hydrogen-bond acceptors (Lipinski definition) is 4. The van der Waals surface area contributed by atoms with E-state index in [4.69, 9.17) is 11.0 Å². The van der Waals surface area contributed by atoms with Crippen LogP contribution in [0.3, 0.4) is 0 Å². The predicted molar refractivity (Wildman–Crippen MR) is 61.4 cm³/mol. The minimum atomic E-state index is -0.0888. The highest BCUT2D eigenvalue weighted by Gasteiger charge is 2.28. The first-order valence-electron chi connectivity index (χ1n) is 5.76. The summed E-state index contributed by atoms with van der Waals surface area (Å²) >= 11 is 0. The lowest BCUT2D eigenvalue weighted by molar-refractivity contribution is -0.123. The minimum absolute atomic E-state index is 0.0789. The zero-order valence-electron chi connectivity index (χ0n) is 9.78. The van der Waals surface area contributed by atoms with Crippen molar-refractivity contribution >= 4 is 5.91 Å². The largest absolute Gasteiger partial charge is 0.342 e. The van der Waals surface area contributed by atoms with E-state index in [0.29, 0.717) is 25.0 Å². The number of nitrogens with two attached hydrogens (primary N) is 1. The molecule has 1 aliphatic rings. The van der Waals surface area contributed by atoms with Gasteiger partial charge in [0, 0.05) is 12.6 Å². The summed E-state index contributed by atoms with van der Waals surface area (Å²) in [5.74, 6) is 0.455. The monoisotopic (exact) mass is 224 g/mol. The number of amides is 1. The fourth-order valence-electron chi connectivity index (χ4n) is 2.29. The Labute approximate surface area is 96.6 Å². The predicted octanol–water partition coefficient (Wildman–Crippen LogP) is -0.315. The maximum absolute atomic E-state index is 11.5. The van der Waals surface area contributed by atoms with Crippen molar-refractivity contribution in [3.63, 3.8) is 0 Å². The summed E-state index contributed by atoms with van der Waals surface area (Å²) < 4.78 is 0. The highest BCUT2D eigenvalue weighted by Crippen LogP contribution is 2.21. The first kappa shape index (κ1) is 12.9. The van der Waals surface area contributed by atoms with Crippen molar-refractivity contribution in [1.82, 2.24) is 10.2 Å². The third-order valence-corrected chi connectivity index (χ3v) is 3.18. The number of piperidine rings is 1. The molecule has 1 rings (SSSR count). The molecule has 2 unspecified atom stereocenters. The Balaban J connectivity index is 2.45. The molecule has 1 saturated heterocycles. The number of likely N-dealkylation sites (tertiary alicyclic amines) is 1. The highest BCUT2D eigenvalue weighted by atomic mass is 16.2. The molecule has 1 heterocycles. The van der Waals surface area contributed by atoms with Gasteiger partial charge in [-0.2, -0.15) is 5.26 Å². The number of nitrogens with one attached hydrogen (secondary N) is 1. The van der Waals surface area contributed by atoms with Crippen LogP contribution in [-0.4, -0.2) is 43.0 Å². The van der Waals surface area contributed by atoms with E-state index in [0.717, 1.165) is 13.0 Å². The Hall–Kier alpha value is -1.12. The number of nitriles is 1. The second-order valence-electron chi connectivity index (χ2n) is 4.33. The molecule has 5 nitrogen and oxygen atoms in total. The van der Waals surface area contributed by atoms with Gasteiger partial charge in [-0.3, -0.25) is 9.69 Å². The molecule has 3 N–H and O–H groups in total. The Morgan fingerprint density at radius 3 is 3.06 bits per heavy atom. The third-order valence-electron chi connectivity index (χ3n) is 3.18. The van der Waals surface area contributed by atoms with Gasteiger partial charge in [-0.1, -0.05) is 6.92 Å². The van der Waals surface area contributed by atoms with Crippen LogP contribution in [0.25, 0.3) is 0 Å². The fraction of sp³-hybridized carbons (Fsp3) is 0.818. The van der Waals surface area contributed by atoms with Gasteiger partial charge in [0.25, 0.3) is 0 Å². The molecule has 1 fully saturated rings. The maximum Gasteiger partial charge on any atom is 0.235 e. The van der Waals surface area contributed by atoms with E-state index in [1.807, 2.05) is 6.07 Å². The third kappa shape index (κ3) is 3.47. The van der Waals surface area contributed by atoms with Gasteiger partial charge in [0.15, 0.2) is 0 Å². The van der Waals surface area contributed by atoms with Crippen molar-refractivity contribution in [3.8, 4) is 6.07 Å². The first-order chi connectivity index (χ1) is 7.69. The normalized spacial score (nSPS) is 26.1. The van der Waals surface area contributed by atoms with Crippen LogP contribution in [0.15, 0.2) is 0 Å². The van der Waals surface area contributed by atoms with E-state index in [1.165, 1.54) is 6.42 Å². The lowest BCUT2D eigenvalue weighted by Crippen LogP contribution is -2.51. The van der Waals surface area contributed by atoms with Crippen LogP contribution in [0.5, 0.6) is 0 Å². The van der Waals surface area contributed by atoms with Gasteiger partial charge in [0.1, 0.15) is 6.54 Å². The Morgan fingerprint density at radius 2 is 2.44 bits per heavy atom. The van der Waals surface area contributed by atoms with Crippen LogP contribution in [0.1, 0.15) is 19.8 Å². The van der Waals surface area contributed by atoms with E-state index >= 15 is 0 Å². The summed E-state index contributed by atoms with van der Waals surface area (Å²) in [5.41, 5.74) is 5.73. The van der Waals surface area contributed by atoms with Gasteiger partial charge in [-0.15, -0.1) is 0 Å². The summed E-state index contributed by atoms with van der Waals surface area (Å²) in [7, 11) is 0. The Kier molecular flexibility index (Phi) is 5.23. The molecule has 16 heavy (non-hydrogen) atoms. The van der Waals surface area contributed by atoms with Crippen LogP contribution < -0.4 is 11.1 Å². The quantitative estimate of drug-likeness (QED) is 0.641. The highest BCUT2D eigenvalue weighted by molar-refractivity contribution is 5.78. The Bertz CT molecular complexity index is 274. The summed E-state index contributed by atoms with van der Waals surface area (Å²) in [6.45, 7) is 4.12. The van der Waals surface area contributed by atoms with Crippen molar-refractivity contribution in [3.05, 3.63) is 0 Å².